The van der Waals surface area contributed by atoms with Crippen molar-refractivity contribution >= 4 is 57.0 Å². The molecule has 0 aromatic carbocycles. The molecule has 7 rings (SSSR count). The molecule has 0 bridgehead atoms. The van der Waals surface area contributed by atoms with Gasteiger partial charge in [0, 0.05) is 32.3 Å². The molecule has 0 saturated heterocycles. The number of hydrogen-bond acceptors (Lipinski definition) is 12. The molecule has 0 aliphatic carbocycles. The lowest BCUT2D eigenvalue weighted by Gasteiger charge is -2.24. The Bertz CT molecular complexity index is 1060. The molecular formula is C12H6N3O6P3S3. The van der Waals surface area contributed by atoms with Crippen LogP contribution in [-0.4, -0.2) is 0 Å². The van der Waals surface area contributed by atoms with Crippen molar-refractivity contribution in [2.45, 2.75) is 0 Å². The maximum absolute atomic E-state index is 6.05. The van der Waals surface area contributed by atoms with Gasteiger partial charge in [0.1, 0.15) is 0 Å². The van der Waals surface area contributed by atoms with Crippen LogP contribution in [0.2, 0.25) is 0 Å². The average molecular weight is 477 g/mol. The lowest BCUT2D eigenvalue weighted by atomic mass is 10.6. The predicted octanol–water partition coefficient (Wildman–Crippen LogP) is 7.44. The minimum atomic E-state index is -3.14. The maximum Gasteiger partial charge on any atom is 0.461 e. The van der Waals surface area contributed by atoms with E-state index in [0.717, 1.165) is 0 Å². The van der Waals surface area contributed by atoms with Crippen molar-refractivity contribution in [3.63, 3.8) is 0 Å². The third kappa shape index (κ3) is 2.14. The highest BCUT2D eigenvalue weighted by atomic mass is 32.1. The van der Waals surface area contributed by atoms with Crippen molar-refractivity contribution in [3.05, 3.63) is 32.3 Å². The van der Waals surface area contributed by atoms with Gasteiger partial charge in [-0.1, -0.05) is 13.5 Å². The third-order valence-electron chi connectivity index (χ3n) is 3.76. The monoisotopic (exact) mass is 477 g/mol. The molecule has 0 saturated carbocycles. The van der Waals surface area contributed by atoms with Gasteiger partial charge in [0.25, 0.3) is 0 Å². The molecule has 15 heteroatoms. The molecule has 0 unspecified atom stereocenters. The van der Waals surface area contributed by atoms with Crippen LogP contribution in [0.25, 0.3) is 0 Å². The summed E-state index contributed by atoms with van der Waals surface area (Å²) in [6.07, 6.45) is 0. The Morgan fingerprint density at radius 2 is 0.667 bits per heavy atom. The molecule has 0 N–H and O–H groups in total. The summed E-state index contributed by atoms with van der Waals surface area (Å²) in [5, 5.41) is 11.1. The van der Waals surface area contributed by atoms with E-state index < -0.39 is 23.0 Å². The van der Waals surface area contributed by atoms with Gasteiger partial charge in [-0.3, -0.25) is 0 Å². The summed E-state index contributed by atoms with van der Waals surface area (Å²) >= 11 is 4.43. The SMILES string of the molecule is c1scc2c1OP1(=NP3(=NP4(=N1)Oc1cscc1O4)Oc1cscc1O3)O2. The number of rotatable bonds is 0. The molecule has 7 heterocycles. The van der Waals surface area contributed by atoms with E-state index >= 15 is 0 Å². The fraction of sp³-hybridized carbons (Fsp3) is 0. The van der Waals surface area contributed by atoms with Crippen molar-refractivity contribution < 1.29 is 27.1 Å². The molecule has 3 aromatic heterocycles. The standard InChI is InChI=1S/C12H6N3O6P3S3/c1-7-8(2-25-1)17-22(16-7)13-23(18-9-3-26-4-10(9)19-23)15-24(14-22)20-11-5-27-6-12(11)21-24/h1-6H. The Kier molecular flexibility index (Phi) is 2.84. The van der Waals surface area contributed by atoms with Gasteiger partial charge in [-0.25, -0.2) is 0 Å². The zero-order valence-corrected chi connectivity index (χ0v) is 18.0. The molecule has 0 radical (unpaired) electrons. The summed E-state index contributed by atoms with van der Waals surface area (Å²) in [6.45, 7) is 0. The second kappa shape index (κ2) is 4.95. The number of thiophene rings is 3. The normalized spacial score (nSPS) is 22.7. The highest BCUT2D eigenvalue weighted by molar-refractivity contribution is 7.79. The van der Waals surface area contributed by atoms with Crippen LogP contribution in [0.3, 0.4) is 0 Å². The van der Waals surface area contributed by atoms with Crippen molar-refractivity contribution in [2.75, 3.05) is 0 Å². The van der Waals surface area contributed by atoms with Crippen LogP contribution in [0.4, 0.5) is 0 Å². The van der Waals surface area contributed by atoms with E-state index in [1.807, 2.05) is 32.3 Å². The molecular weight excluding hydrogens is 471 g/mol. The van der Waals surface area contributed by atoms with E-state index in [-0.39, 0.29) is 0 Å². The smallest absolute Gasteiger partial charge is 0.408 e. The van der Waals surface area contributed by atoms with Gasteiger partial charge in [-0.15, -0.1) is 34.0 Å². The molecule has 0 fully saturated rings. The Morgan fingerprint density at radius 3 is 0.889 bits per heavy atom. The van der Waals surface area contributed by atoms with Crippen LogP contribution >= 0.6 is 57.0 Å². The molecule has 9 nitrogen and oxygen atoms in total. The molecule has 27 heavy (non-hydrogen) atoms. The lowest BCUT2D eigenvalue weighted by Crippen LogP contribution is -2.02. The molecule has 3 aromatic rings. The summed E-state index contributed by atoms with van der Waals surface area (Å²) < 4.78 is 50.3. The summed E-state index contributed by atoms with van der Waals surface area (Å²) in [5.74, 6) is 3.59. The lowest BCUT2D eigenvalue weighted by molar-refractivity contribution is 0.519. The largest absolute Gasteiger partial charge is 0.461 e. The fourth-order valence-corrected chi connectivity index (χ4v) is 14.2. The van der Waals surface area contributed by atoms with Crippen LogP contribution in [0.1, 0.15) is 0 Å². The predicted molar refractivity (Wildman–Crippen MR) is 105 cm³/mol. The Labute approximate surface area is 164 Å². The number of fused-ring (bicyclic) bond motifs is 3. The third-order valence-corrected chi connectivity index (χ3v) is 13.9. The maximum atomic E-state index is 6.05. The number of nitrogens with zero attached hydrogens (tertiary/aromatic N) is 3. The summed E-state index contributed by atoms with van der Waals surface area (Å²) in [5.41, 5.74) is 0. The molecule has 0 atom stereocenters. The minimum Gasteiger partial charge on any atom is -0.408 e. The topological polar surface area (TPSA) is 92.5 Å². The van der Waals surface area contributed by atoms with Crippen molar-refractivity contribution in [2.24, 2.45) is 13.5 Å². The highest BCUT2D eigenvalue weighted by Crippen LogP contribution is 2.83. The van der Waals surface area contributed by atoms with E-state index in [1.165, 1.54) is 34.0 Å². The number of hydrogen-bond donors (Lipinski definition) is 0. The second-order valence-electron chi connectivity index (χ2n) is 5.59. The molecule has 138 valence electrons. The van der Waals surface area contributed by atoms with Gasteiger partial charge >= 0.3 is 23.0 Å². The van der Waals surface area contributed by atoms with Gasteiger partial charge < -0.3 is 27.1 Å². The van der Waals surface area contributed by atoms with Gasteiger partial charge in [0.2, 0.25) is 0 Å². The fourth-order valence-electron chi connectivity index (χ4n) is 2.75. The Balaban J connectivity index is 1.45. The van der Waals surface area contributed by atoms with E-state index in [9.17, 15) is 0 Å². The van der Waals surface area contributed by atoms with Gasteiger partial charge in [-0.05, 0) is 0 Å². The first-order chi connectivity index (χ1) is 13.1. The van der Waals surface area contributed by atoms with Gasteiger partial charge in [-0.2, -0.15) is 0 Å². The second-order valence-corrected chi connectivity index (χ2v) is 14.0. The van der Waals surface area contributed by atoms with E-state index in [1.54, 1.807) is 0 Å². The summed E-state index contributed by atoms with van der Waals surface area (Å²) in [7, 11) is -9.43. The Hall–Kier alpha value is -1.41. The molecule has 3 spiro atoms. The van der Waals surface area contributed by atoms with Crippen molar-refractivity contribution in [1.82, 2.24) is 0 Å². The average Bonchev–Trinajstić information content (AvgIpc) is 3.36. The quantitative estimate of drug-likeness (QED) is 0.313. The minimum absolute atomic E-state index is 0.598. The van der Waals surface area contributed by atoms with Crippen LogP contribution < -0.4 is 27.1 Å². The van der Waals surface area contributed by atoms with Crippen molar-refractivity contribution in [1.29, 1.82) is 0 Å². The van der Waals surface area contributed by atoms with E-state index in [2.05, 4.69) is 13.5 Å². The van der Waals surface area contributed by atoms with Crippen molar-refractivity contribution in [3.8, 4) is 34.5 Å². The van der Waals surface area contributed by atoms with Crippen LogP contribution in [0.5, 0.6) is 34.5 Å². The van der Waals surface area contributed by atoms with Gasteiger partial charge in [0.05, 0.1) is 0 Å². The molecule has 0 amide bonds. The zero-order chi connectivity index (χ0) is 17.7. The Morgan fingerprint density at radius 1 is 0.444 bits per heavy atom. The first kappa shape index (κ1) is 15.5. The van der Waals surface area contributed by atoms with Crippen LogP contribution in [0.15, 0.2) is 45.8 Å². The van der Waals surface area contributed by atoms with E-state index in [0.29, 0.717) is 34.5 Å². The van der Waals surface area contributed by atoms with Crippen LogP contribution in [0, 0.1) is 0 Å². The highest BCUT2D eigenvalue weighted by Gasteiger charge is 2.54. The molecule has 4 aliphatic rings. The van der Waals surface area contributed by atoms with E-state index in [4.69, 9.17) is 27.1 Å². The van der Waals surface area contributed by atoms with Crippen LogP contribution in [-0.2, 0) is 0 Å². The zero-order valence-electron chi connectivity index (χ0n) is 12.8. The first-order valence-electron chi connectivity index (χ1n) is 7.42. The first-order valence-corrected chi connectivity index (χ1v) is 14.8. The summed E-state index contributed by atoms with van der Waals surface area (Å²) in [4.78, 5) is 0. The van der Waals surface area contributed by atoms with Gasteiger partial charge in [0.15, 0.2) is 34.5 Å². The summed E-state index contributed by atoms with van der Waals surface area (Å²) in [6, 6.07) is 0. The molecule has 4 aliphatic heterocycles.